The van der Waals surface area contributed by atoms with Gasteiger partial charge < -0.3 is 9.84 Å². The molecule has 0 fully saturated rings. The van der Waals surface area contributed by atoms with Gasteiger partial charge in [0.05, 0.1) is 11.8 Å². The van der Waals surface area contributed by atoms with Crippen molar-refractivity contribution in [3.05, 3.63) is 0 Å². The van der Waals surface area contributed by atoms with Crippen molar-refractivity contribution in [2.45, 2.75) is 19.9 Å². The van der Waals surface area contributed by atoms with Crippen LogP contribution in [0.1, 0.15) is 13.8 Å². The zero-order valence-electron chi connectivity index (χ0n) is 7.69. The molecule has 0 heterocycles. The highest BCUT2D eigenvalue weighted by molar-refractivity contribution is 7.78. The number of rotatable bonds is 6. The summed E-state index contributed by atoms with van der Waals surface area (Å²) in [7, 11) is 0. The van der Waals surface area contributed by atoms with Crippen LogP contribution in [0.4, 0.5) is 0 Å². The van der Waals surface area contributed by atoms with Gasteiger partial charge in [-0.1, -0.05) is 13.8 Å². The van der Waals surface area contributed by atoms with Gasteiger partial charge in [0.1, 0.15) is 0 Å². The van der Waals surface area contributed by atoms with Gasteiger partial charge in [-0.3, -0.25) is 0 Å². The SMILES string of the molecule is CC(C)COC[C@H](N=C=S)C(=O)O. The molecular formula is C8H13NO3S. The van der Waals surface area contributed by atoms with Crippen LogP contribution in [0.2, 0.25) is 0 Å². The Morgan fingerprint density at radius 1 is 1.62 bits per heavy atom. The van der Waals surface area contributed by atoms with Crippen LogP contribution in [0.3, 0.4) is 0 Å². The molecule has 0 unspecified atom stereocenters. The Morgan fingerprint density at radius 3 is 2.62 bits per heavy atom. The van der Waals surface area contributed by atoms with E-state index in [1.165, 1.54) is 0 Å². The minimum atomic E-state index is -1.04. The maximum absolute atomic E-state index is 10.5. The molecule has 0 aromatic heterocycles. The summed E-state index contributed by atoms with van der Waals surface area (Å²) in [5.74, 6) is -0.660. The van der Waals surface area contributed by atoms with Gasteiger partial charge in [0, 0.05) is 6.61 Å². The highest BCUT2D eigenvalue weighted by Crippen LogP contribution is 1.96. The van der Waals surface area contributed by atoms with Crippen LogP contribution < -0.4 is 0 Å². The van der Waals surface area contributed by atoms with Gasteiger partial charge in [-0.2, -0.15) is 0 Å². The van der Waals surface area contributed by atoms with Crippen LogP contribution in [-0.4, -0.2) is 35.5 Å². The van der Waals surface area contributed by atoms with Crippen molar-refractivity contribution in [1.29, 1.82) is 0 Å². The molecule has 13 heavy (non-hydrogen) atoms. The van der Waals surface area contributed by atoms with Crippen molar-refractivity contribution in [3.63, 3.8) is 0 Å². The van der Waals surface area contributed by atoms with Gasteiger partial charge in [0.25, 0.3) is 0 Å². The number of hydrogen-bond acceptors (Lipinski definition) is 4. The Bertz CT molecular complexity index is 209. The summed E-state index contributed by atoms with van der Waals surface area (Å²) in [6.07, 6.45) is 0. The number of isothiocyanates is 1. The lowest BCUT2D eigenvalue weighted by molar-refractivity contribution is -0.140. The van der Waals surface area contributed by atoms with E-state index >= 15 is 0 Å². The molecule has 0 rings (SSSR count). The molecular weight excluding hydrogens is 190 g/mol. The summed E-state index contributed by atoms with van der Waals surface area (Å²) < 4.78 is 5.11. The van der Waals surface area contributed by atoms with Crippen molar-refractivity contribution in [2.75, 3.05) is 13.2 Å². The molecule has 0 aliphatic heterocycles. The first-order valence-electron chi connectivity index (χ1n) is 3.95. The van der Waals surface area contributed by atoms with Gasteiger partial charge in [0.15, 0.2) is 6.04 Å². The van der Waals surface area contributed by atoms with Gasteiger partial charge in [-0.05, 0) is 18.1 Å². The molecule has 1 N–H and O–H groups in total. The molecule has 0 aromatic carbocycles. The summed E-state index contributed by atoms with van der Waals surface area (Å²) in [5, 5.41) is 10.6. The fourth-order valence-electron chi connectivity index (χ4n) is 0.643. The molecule has 74 valence electrons. The Balaban J connectivity index is 3.83. The van der Waals surface area contributed by atoms with Crippen LogP contribution in [-0.2, 0) is 9.53 Å². The molecule has 1 atom stereocenters. The van der Waals surface area contributed by atoms with Crippen LogP contribution >= 0.6 is 12.2 Å². The average molecular weight is 203 g/mol. The molecule has 0 aliphatic carbocycles. The quantitative estimate of drug-likeness (QED) is 0.521. The van der Waals surface area contributed by atoms with Gasteiger partial charge in [-0.25, -0.2) is 9.79 Å². The van der Waals surface area contributed by atoms with Crippen LogP contribution in [0.15, 0.2) is 4.99 Å². The second kappa shape index (κ2) is 6.71. The first kappa shape index (κ1) is 12.2. The molecule has 0 radical (unpaired) electrons. The van der Waals surface area contributed by atoms with Crippen LogP contribution in [0.25, 0.3) is 0 Å². The van der Waals surface area contributed by atoms with Crippen LogP contribution in [0, 0.1) is 5.92 Å². The fourth-order valence-corrected chi connectivity index (χ4v) is 0.770. The molecule has 0 spiro atoms. The van der Waals surface area contributed by atoms with E-state index in [1.807, 2.05) is 19.0 Å². The molecule has 0 bridgehead atoms. The standard InChI is InChI=1S/C8H13NO3S/c1-6(2)3-12-4-7(8(10)11)9-5-13/h6-7H,3-4H2,1-2H3,(H,10,11)/t7-/m0/s1. The Hall–Kier alpha value is -0.770. The normalized spacial score (nSPS) is 12.2. The zero-order chi connectivity index (χ0) is 10.3. The van der Waals surface area contributed by atoms with Crippen molar-refractivity contribution in [1.82, 2.24) is 0 Å². The number of carboxylic acid groups (broad SMARTS) is 1. The third-order valence-corrected chi connectivity index (χ3v) is 1.33. The third kappa shape index (κ3) is 6.40. The number of aliphatic carboxylic acids is 1. The predicted octanol–water partition coefficient (Wildman–Crippen LogP) is 1.22. The van der Waals surface area contributed by atoms with E-state index in [0.29, 0.717) is 12.5 Å². The monoisotopic (exact) mass is 203 g/mol. The van der Waals surface area contributed by atoms with E-state index in [2.05, 4.69) is 17.2 Å². The van der Waals surface area contributed by atoms with Crippen molar-refractivity contribution in [2.24, 2.45) is 10.9 Å². The summed E-state index contributed by atoms with van der Waals surface area (Å²) >= 11 is 4.31. The third-order valence-electron chi connectivity index (χ3n) is 1.22. The number of hydrogen-bond donors (Lipinski definition) is 1. The van der Waals surface area contributed by atoms with E-state index in [4.69, 9.17) is 9.84 Å². The van der Waals surface area contributed by atoms with Gasteiger partial charge in [-0.15, -0.1) is 0 Å². The van der Waals surface area contributed by atoms with Crippen molar-refractivity contribution in [3.8, 4) is 0 Å². The second-order valence-corrected chi connectivity index (χ2v) is 3.19. The first-order chi connectivity index (χ1) is 6.07. The van der Waals surface area contributed by atoms with E-state index in [9.17, 15) is 4.79 Å². The summed E-state index contributed by atoms with van der Waals surface area (Å²) in [4.78, 5) is 14.0. The molecule has 0 aromatic rings. The van der Waals surface area contributed by atoms with Gasteiger partial charge in [0.2, 0.25) is 0 Å². The highest BCUT2D eigenvalue weighted by atomic mass is 32.1. The van der Waals surface area contributed by atoms with Crippen LogP contribution in [0.5, 0.6) is 0 Å². The fraction of sp³-hybridized carbons (Fsp3) is 0.750. The molecule has 0 saturated heterocycles. The lowest BCUT2D eigenvalue weighted by atomic mass is 10.2. The molecule has 0 aliphatic rings. The van der Waals surface area contributed by atoms with E-state index < -0.39 is 12.0 Å². The maximum atomic E-state index is 10.5. The molecule has 0 saturated carbocycles. The Morgan fingerprint density at radius 2 is 2.23 bits per heavy atom. The molecule has 0 amide bonds. The second-order valence-electron chi connectivity index (χ2n) is 3.01. The smallest absolute Gasteiger partial charge is 0.331 e. The minimum Gasteiger partial charge on any atom is -0.480 e. The molecule has 5 heteroatoms. The lowest BCUT2D eigenvalue weighted by Crippen LogP contribution is -2.24. The van der Waals surface area contributed by atoms with E-state index in [1.54, 1.807) is 0 Å². The summed E-state index contributed by atoms with van der Waals surface area (Å²) in [6.45, 7) is 4.55. The minimum absolute atomic E-state index is 0.0527. The predicted molar refractivity (Wildman–Crippen MR) is 52.1 cm³/mol. The van der Waals surface area contributed by atoms with E-state index in [-0.39, 0.29) is 6.61 Å². The Kier molecular flexibility index (Phi) is 6.32. The topological polar surface area (TPSA) is 58.9 Å². The zero-order valence-corrected chi connectivity index (χ0v) is 8.50. The number of carboxylic acids is 1. The van der Waals surface area contributed by atoms with E-state index in [0.717, 1.165) is 0 Å². The summed E-state index contributed by atoms with van der Waals surface area (Å²) in [5.41, 5.74) is 0. The first-order valence-corrected chi connectivity index (χ1v) is 4.36. The number of thiocarbonyl (C=S) groups is 1. The van der Waals surface area contributed by atoms with Crippen molar-refractivity contribution < 1.29 is 14.6 Å². The Labute approximate surface area is 82.6 Å². The van der Waals surface area contributed by atoms with Gasteiger partial charge >= 0.3 is 5.97 Å². The van der Waals surface area contributed by atoms with Crippen molar-refractivity contribution >= 4 is 23.3 Å². The molecule has 4 nitrogen and oxygen atoms in total. The number of ether oxygens (including phenoxy) is 1. The summed E-state index contributed by atoms with van der Waals surface area (Å²) in [6, 6.07) is -0.920. The lowest BCUT2D eigenvalue weighted by Gasteiger charge is -2.08. The number of carbonyl (C=O) groups is 1. The number of aliphatic imine (C=N–C) groups is 1. The average Bonchev–Trinajstić information content (AvgIpc) is 2.02. The largest absolute Gasteiger partial charge is 0.480 e. The maximum Gasteiger partial charge on any atom is 0.331 e. The number of nitrogens with zero attached hydrogens (tertiary/aromatic N) is 1. The highest BCUT2D eigenvalue weighted by Gasteiger charge is 2.15.